The minimum atomic E-state index is 0.258. The maximum absolute atomic E-state index is 9.17. The lowest BCUT2D eigenvalue weighted by atomic mass is 9.97. The van der Waals surface area contributed by atoms with E-state index in [1.54, 1.807) is 6.20 Å². The van der Waals surface area contributed by atoms with E-state index in [2.05, 4.69) is 11.1 Å². The first-order valence-electron chi connectivity index (χ1n) is 5.25. The Morgan fingerprint density at radius 3 is 2.41 bits per heavy atom. The Kier molecular flexibility index (Phi) is 3.12. The number of aryl methyl sites for hydroxylation is 2. The van der Waals surface area contributed by atoms with E-state index in [0.29, 0.717) is 5.56 Å². The normalized spacial score (nSPS) is 10.0. The Morgan fingerprint density at radius 1 is 1.18 bits per heavy atom. The summed E-state index contributed by atoms with van der Waals surface area (Å²) in [4.78, 5) is 4.00. The van der Waals surface area contributed by atoms with Crippen molar-refractivity contribution in [2.75, 3.05) is 0 Å². The number of benzene rings is 1. The highest BCUT2D eigenvalue weighted by Gasteiger charge is 2.12. The molecule has 1 aromatic heterocycles. The minimum Gasteiger partial charge on any atom is -0.243 e. The molecule has 1 heterocycles. The molecule has 0 amide bonds. The first-order chi connectivity index (χ1) is 8.13. The van der Waals surface area contributed by atoms with Gasteiger partial charge in [-0.25, -0.2) is 4.98 Å². The van der Waals surface area contributed by atoms with Gasteiger partial charge in [0, 0.05) is 11.8 Å². The fraction of sp³-hybridized carbons (Fsp3) is 0.143. The zero-order valence-electron chi connectivity index (χ0n) is 9.66. The van der Waals surface area contributed by atoms with Crippen molar-refractivity contribution in [1.82, 2.24) is 4.98 Å². The average molecular weight is 243 g/mol. The molecule has 2 aromatic rings. The summed E-state index contributed by atoms with van der Waals surface area (Å²) in [5, 5.41) is 9.42. The molecular weight excluding hydrogens is 232 g/mol. The molecule has 0 aliphatic rings. The van der Waals surface area contributed by atoms with Gasteiger partial charge in [0.1, 0.15) is 11.2 Å². The van der Waals surface area contributed by atoms with E-state index >= 15 is 0 Å². The van der Waals surface area contributed by atoms with Crippen molar-refractivity contribution in [2.24, 2.45) is 0 Å². The Labute approximate surface area is 105 Å². The smallest absolute Gasteiger partial charge is 0.147 e. The molecule has 0 aliphatic heterocycles. The third kappa shape index (κ3) is 2.15. The van der Waals surface area contributed by atoms with Crippen LogP contribution in [-0.2, 0) is 0 Å². The van der Waals surface area contributed by atoms with Gasteiger partial charge < -0.3 is 0 Å². The van der Waals surface area contributed by atoms with Crippen molar-refractivity contribution in [2.45, 2.75) is 13.8 Å². The lowest BCUT2D eigenvalue weighted by Crippen LogP contribution is -1.93. The number of aromatic nitrogens is 1. The van der Waals surface area contributed by atoms with Crippen molar-refractivity contribution in [3.63, 3.8) is 0 Å². The van der Waals surface area contributed by atoms with Crippen LogP contribution in [0, 0.1) is 25.2 Å². The molecule has 17 heavy (non-hydrogen) atoms. The van der Waals surface area contributed by atoms with Crippen LogP contribution in [0.5, 0.6) is 0 Å². The molecule has 1 aromatic carbocycles. The fourth-order valence-corrected chi connectivity index (χ4v) is 1.96. The first kappa shape index (κ1) is 11.6. The van der Waals surface area contributed by atoms with E-state index in [0.717, 1.165) is 16.7 Å². The summed E-state index contributed by atoms with van der Waals surface area (Å²) in [5.74, 6) is 0. The summed E-state index contributed by atoms with van der Waals surface area (Å²) in [6.45, 7) is 3.96. The van der Waals surface area contributed by atoms with Gasteiger partial charge in [-0.05, 0) is 25.0 Å². The SMILES string of the molecule is Cc1ccc(-c2c(C)cnc(Cl)c2C#N)cc1. The molecule has 0 atom stereocenters. The molecule has 0 spiro atoms. The Bertz CT molecular complexity index is 595. The number of nitriles is 1. The lowest BCUT2D eigenvalue weighted by molar-refractivity contribution is 1.25. The highest BCUT2D eigenvalue weighted by Crippen LogP contribution is 2.30. The second kappa shape index (κ2) is 4.57. The molecule has 0 fully saturated rings. The molecule has 3 heteroatoms. The summed E-state index contributed by atoms with van der Waals surface area (Å²) in [7, 11) is 0. The van der Waals surface area contributed by atoms with E-state index in [-0.39, 0.29) is 5.15 Å². The van der Waals surface area contributed by atoms with Gasteiger partial charge in [-0.2, -0.15) is 5.26 Å². The molecule has 0 N–H and O–H groups in total. The summed E-state index contributed by atoms with van der Waals surface area (Å²) < 4.78 is 0. The molecule has 0 saturated carbocycles. The third-order valence-electron chi connectivity index (χ3n) is 2.67. The second-order valence-corrected chi connectivity index (χ2v) is 4.32. The lowest BCUT2D eigenvalue weighted by Gasteiger charge is -2.09. The van der Waals surface area contributed by atoms with Crippen LogP contribution < -0.4 is 0 Å². The minimum absolute atomic E-state index is 0.258. The Morgan fingerprint density at radius 2 is 1.82 bits per heavy atom. The highest BCUT2D eigenvalue weighted by molar-refractivity contribution is 6.31. The molecule has 0 radical (unpaired) electrons. The van der Waals surface area contributed by atoms with E-state index in [9.17, 15) is 0 Å². The van der Waals surface area contributed by atoms with Crippen molar-refractivity contribution in [1.29, 1.82) is 5.26 Å². The van der Waals surface area contributed by atoms with Crippen LogP contribution in [0.15, 0.2) is 30.5 Å². The second-order valence-electron chi connectivity index (χ2n) is 3.96. The van der Waals surface area contributed by atoms with Gasteiger partial charge in [-0.1, -0.05) is 41.4 Å². The molecule has 2 nitrogen and oxygen atoms in total. The van der Waals surface area contributed by atoms with Gasteiger partial charge in [-0.3, -0.25) is 0 Å². The molecular formula is C14H11ClN2. The van der Waals surface area contributed by atoms with Crippen LogP contribution in [-0.4, -0.2) is 4.98 Å². The number of halogens is 1. The first-order valence-corrected chi connectivity index (χ1v) is 5.63. The third-order valence-corrected chi connectivity index (χ3v) is 2.96. The topological polar surface area (TPSA) is 36.7 Å². The van der Waals surface area contributed by atoms with Gasteiger partial charge in [-0.15, -0.1) is 0 Å². The van der Waals surface area contributed by atoms with Crippen LogP contribution in [0.2, 0.25) is 5.15 Å². The van der Waals surface area contributed by atoms with Gasteiger partial charge in [0.05, 0.1) is 5.56 Å². The van der Waals surface area contributed by atoms with Crippen LogP contribution >= 0.6 is 11.6 Å². The van der Waals surface area contributed by atoms with Gasteiger partial charge in [0.2, 0.25) is 0 Å². The number of rotatable bonds is 1. The van der Waals surface area contributed by atoms with E-state index in [1.807, 2.05) is 38.1 Å². The number of pyridine rings is 1. The number of hydrogen-bond acceptors (Lipinski definition) is 2. The summed E-state index contributed by atoms with van der Waals surface area (Å²) >= 11 is 5.95. The molecule has 0 bridgehead atoms. The van der Waals surface area contributed by atoms with Crippen LogP contribution in [0.1, 0.15) is 16.7 Å². The van der Waals surface area contributed by atoms with E-state index in [1.165, 1.54) is 5.56 Å². The summed E-state index contributed by atoms with van der Waals surface area (Å²) in [5.41, 5.74) is 4.44. The molecule has 2 rings (SSSR count). The quantitative estimate of drug-likeness (QED) is 0.712. The van der Waals surface area contributed by atoms with E-state index < -0.39 is 0 Å². The maximum Gasteiger partial charge on any atom is 0.147 e. The predicted molar refractivity (Wildman–Crippen MR) is 68.9 cm³/mol. The van der Waals surface area contributed by atoms with Crippen LogP contribution in [0.3, 0.4) is 0 Å². The average Bonchev–Trinajstić information content (AvgIpc) is 2.33. The van der Waals surface area contributed by atoms with E-state index in [4.69, 9.17) is 16.9 Å². The number of nitrogens with zero attached hydrogens (tertiary/aromatic N) is 2. The Hall–Kier alpha value is -1.85. The van der Waals surface area contributed by atoms with Crippen LogP contribution in [0.25, 0.3) is 11.1 Å². The Balaban J connectivity index is 2.71. The number of hydrogen-bond donors (Lipinski definition) is 0. The van der Waals surface area contributed by atoms with Crippen LogP contribution in [0.4, 0.5) is 0 Å². The van der Waals surface area contributed by atoms with Crippen molar-refractivity contribution < 1.29 is 0 Å². The molecule has 0 saturated heterocycles. The predicted octanol–water partition coefficient (Wildman–Crippen LogP) is 3.89. The standard InChI is InChI=1S/C14H11ClN2/c1-9-3-5-11(6-4-9)13-10(2)8-17-14(15)12(13)7-16/h3-6,8H,1-2H3. The zero-order valence-corrected chi connectivity index (χ0v) is 10.4. The highest BCUT2D eigenvalue weighted by atomic mass is 35.5. The summed E-state index contributed by atoms with van der Waals surface area (Å²) in [6, 6.07) is 10.1. The van der Waals surface area contributed by atoms with Gasteiger partial charge in [0.15, 0.2) is 0 Å². The zero-order chi connectivity index (χ0) is 12.4. The maximum atomic E-state index is 9.17. The van der Waals surface area contributed by atoms with Crippen molar-refractivity contribution in [3.05, 3.63) is 52.3 Å². The van der Waals surface area contributed by atoms with Gasteiger partial charge >= 0.3 is 0 Å². The molecule has 84 valence electrons. The summed E-state index contributed by atoms with van der Waals surface area (Å²) in [6.07, 6.45) is 1.69. The van der Waals surface area contributed by atoms with Crippen molar-refractivity contribution >= 4 is 11.6 Å². The largest absolute Gasteiger partial charge is 0.243 e. The van der Waals surface area contributed by atoms with Gasteiger partial charge in [0.25, 0.3) is 0 Å². The monoisotopic (exact) mass is 242 g/mol. The fourth-order valence-electron chi connectivity index (χ4n) is 1.78. The molecule has 0 unspecified atom stereocenters. The molecule has 0 aliphatic carbocycles. The van der Waals surface area contributed by atoms with Crippen molar-refractivity contribution in [3.8, 4) is 17.2 Å².